The minimum atomic E-state index is -3.88. The number of hydrogen-bond acceptors (Lipinski definition) is 3. The summed E-state index contributed by atoms with van der Waals surface area (Å²) in [5, 5.41) is 10.0. The average Bonchev–Trinajstić information content (AvgIpc) is 2.45. The first-order valence-electron chi connectivity index (χ1n) is 5.81. The highest BCUT2D eigenvalue weighted by Crippen LogP contribution is 2.23. The summed E-state index contributed by atoms with van der Waals surface area (Å²) in [5.74, 6) is 0. The lowest BCUT2D eigenvalue weighted by molar-refractivity contribution is 0.603. The second-order valence-electron chi connectivity index (χ2n) is 4.13. The van der Waals surface area contributed by atoms with E-state index >= 15 is 0 Å². The van der Waals surface area contributed by atoms with E-state index in [1.54, 1.807) is 30.3 Å². The molecule has 0 fully saturated rings. The minimum Gasteiger partial charge on any atom is -0.218 e. The van der Waals surface area contributed by atoms with Crippen LogP contribution in [0.15, 0.2) is 58.3 Å². The fourth-order valence-corrected chi connectivity index (χ4v) is 3.14. The summed E-state index contributed by atoms with van der Waals surface area (Å²) in [7, 11) is -3.88. The highest BCUT2D eigenvalue weighted by molar-refractivity contribution is 7.95. The van der Waals surface area contributed by atoms with Gasteiger partial charge in [-0.2, -0.15) is 5.26 Å². The van der Waals surface area contributed by atoms with E-state index in [-0.39, 0.29) is 9.80 Å². The molecule has 2 rings (SSSR count). The molecule has 3 nitrogen and oxygen atoms in total. The van der Waals surface area contributed by atoms with Crippen LogP contribution in [0, 0.1) is 11.3 Å². The van der Waals surface area contributed by atoms with Crippen LogP contribution in [0.2, 0.25) is 10.0 Å². The predicted octanol–water partition coefficient (Wildman–Crippen LogP) is 4.33. The quantitative estimate of drug-likeness (QED) is 0.783. The topological polar surface area (TPSA) is 57.9 Å². The molecule has 0 unspecified atom stereocenters. The molecule has 0 saturated heterocycles. The molecular weight excluding hydrogens is 329 g/mol. The van der Waals surface area contributed by atoms with Gasteiger partial charge < -0.3 is 0 Å². The van der Waals surface area contributed by atoms with Crippen LogP contribution in [-0.2, 0) is 9.84 Å². The normalized spacial score (nSPS) is 12.0. The Morgan fingerprint density at radius 1 is 1.05 bits per heavy atom. The zero-order chi connectivity index (χ0) is 15.5. The fourth-order valence-electron chi connectivity index (χ4n) is 1.66. The first-order chi connectivity index (χ1) is 9.93. The van der Waals surface area contributed by atoms with Crippen LogP contribution >= 0.6 is 23.2 Å². The molecule has 0 N–H and O–H groups in total. The van der Waals surface area contributed by atoms with E-state index in [1.165, 1.54) is 30.3 Å². The number of sulfone groups is 1. The first kappa shape index (κ1) is 15.6. The van der Waals surface area contributed by atoms with Crippen molar-refractivity contribution in [3.05, 3.63) is 69.0 Å². The van der Waals surface area contributed by atoms with Crippen LogP contribution in [0.3, 0.4) is 0 Å². The third kappa shape index (κ3) is 3.64. The van der Waals surface area contributed by atoms with Crippen molar-refractivity contribution in [2.24, 2.45) is 0 Å². The van der Waals surface area contributed by atoms with Crippen molar-refractivity contribution < 1.29 is 8.42 Å². The molecule has 0 heterocycles. The first-order valence-corrected chi connectivity index (χ1v) is 8.05. The van der Waals surface area contributed by atoms with Gasteiger partial charge in [-0.3, -0.25) is 0 Å². The molecule has 0 saturated carbocycles. The van der Waals surface area contributed by atoms with Crippen LogP contribution < -0.4 is 0 Å². The standard InChI is InChI=1S/C15H9Cl2NO2S/c16-12-4-6-14(7-5-12)21(19,20)15(10-18)9-11-2-1-3-13(17)8-11/h1-9H/b15-9+. The Hall–Kier alpha value is -1.80. The van der Waals surface area contributed by atoms with Crippen LogP contribution in [-0.4, -0.2) is 8.42 Å². The van der Waals surface area contributed by atoms with Gasteiger partial charge >= 0.3 is 0 Å². The van der Waals surface area contributed by atoms with Gasteiger partial charge in [0.05, 0.1) is 4.90 Å². The Balaban J connectivity index is 2.50. The lowest BCUT2D eigenvalue weighted by Crippen LogP contribution is -2.03. The van der Waals surface area contributed by atoms with E-state index in [0.29, 0.717) is 15.6 Å². The van der Waals surface area contributed by atoms with E-state index in [2.05, 4.69) is 0 Å². The molecular formula is C15H9Cl2NO2S. The van der Waals surface area contributed by atoms with Gasteiger partial charge in [-0.1, -0.05) is 35.3 Å². The molecule has 0 aromatic heterocycles. The number of nitriles is 1. The Labute approximate surface area is 133 Å². The van der Waals surface area contributed by atoms with Gasteiger partial charge in [-0.05, 0) is 48.0 Å². The van der Waals surface area contributed by atoms with Gasteiger partial charge in [0.1, 0.15) is 11.0 Å². The van der Waals surface area contributed by atoms with Gasteiger partial charge in [0.15, 0.2) is 0 Å². The summed E-state index contributed by atoms with van der Waals surface area (Å²) in [5.41, 5.74) is 0.539. The highest BCUT2D eigenvalue weighted by Gasteiger charge is 2.20. The van der Waals surface area contributed by atoms with Gasteiger partial charge in [-0.15, -0.1) is 0 Å². The van der Waals surface area contributed by atoms with Gasteiger partial charge in [0.2, 0.25) is 9.84 Å². The van der Waals surface area contributed by atoms with E-state index in [1.807, 2.05) is 0 Å². The number of nitrogens with zero attached hydrogens (tertiary/aromatic N) is 1. The van der Waals surface area contributed by atoms with Crippen molar-refractivity contribution in [2.45, 2.75) is 4.90 Å². The largest absolute Gasteiger partial charge is 0.218 e. The number of hydrogen-bond donors (Lipinski definition) is 0. The molecule has 21 heavy (non-hydrogen) atoms. The lowest BCUT2D eigenvalue weighted by Gasteiger charge is -2.03. The molecule has 0 aliphatic carbocycles. The maximum Gasteiger partial charge on any atom is 0.216 e. The molecule has 0 radical (unpaired) electrons. The summed E-state index contributed by atoms with van der Waals surface area (Å²) >= 11 is 11.6. The van der Waals surface area contributed by atoms with E-state index < -0.39 is 9.84 Å². The van der Waals surface area contributed by atoms with Crippen LogP contribution in [0.4, 0.5) is 0 Å². The zero-order valence-electron chi connectivity index (χ0n) is 10.6. The van der Waals surface area contributed by atoms with Crippen LogP contribution in [0.1, 0.15) is 5.56 Å². The number of halogens is 2. The van der Waals surface area contributed by atoms with Gasteiger partial charge in [0.25, 0.3) is 0 Å². The summed E-state index contributed by atoms with van der Waals surface area (Å²) in [4.78, 5) is -0.339. The summed E-state index contributed by atoms with van der Waals surface area (Å²) in [6, 6.07) is 14.0. The maximum absolute atomic E-state index is 12.4. The second kappa shape index (κ2) is 6.31. The SMILES string of the molecule is N#C/C(=C\c1cccc(Cl)c1)S(=O)(=O)c1ccc(Cl)cc1. The Morgan fingerprint density at radius 2 is 1.71 bits per heavy atom. The second-order valence-corrected chi connectivity index (χ2v) is 6.92. The molecule has 0 amide bonds. The number of benzene rings is 2. The Bertz CT molecular complexity index is 835. The van der Waals surface area contributed by atoms with Crippen molar-refractivity contribution in [3.63, 3.8) is 0 Å². The lowest BCUT2D eigenvalue weighted by atomic mass is 10.2. The zero-order valence-corrected chi connectivity index (χ0v) is 13.0. The molecule has 106 valence electrons. The molecule has 2 aromatic carbocycles. The fraction of sp³-hybridized carbons (Fsp3) is 0. The molecule has 0 aliphatic rings. The Morgan fingerprint density at radius 3 is 2.29 bits per heavy atom. The van der Waals surface area contributed by atoms with E-state index in [0.717, 1.165) is 0 Å². The third-order valence-electron chi connectivity index (χ3n) is 2.67. The third-order valence-corrected chi connectivity index (χ3v) is 4.84. The predicted molar refractivity (Wildman–Crippen MR) is 83.7 cm³/mol. The van der Waals surface area contributed by atoms with Crippen LogP contribution in [0.25, 0.3) is 6.08 Å². The summed E-state index contributed by atoms with van der Waals surface area (Å²) in [6.07, 6.45) is 1.29. The van der Waals surface area contributed by atoms with Crippen molar-refractivity contribution in [1.82, 2.24) is 0 Å². The smallest absolute Gasteiger partial charge is 0.216 e. The highest BCUT2D eigenvalue weighted by atomic mass is 35.5. The van der Waals surface area contributed by atoms with Crippen molar-refractivity contribution in [1.29, 1.82) is 5.26 Å². The van der Waals surface area contributed by atoms with Crippen molar-refractivity contribution >= 4 is 39.1 Å². The van der Waals surface area contributed by atoms with Gasteiger partial charge in [0, 0.05) is 10.0 Å². The van der Waals surface area contributed by atoms with E-state index in [9.17, 15) is 8.42 Å². The van der Waals surface area contributed by atoms with Crippen LogP contribution in [0.5, 0.6) is 0 Å². The molecule has 2 aromatic rings. The maximum atomic E-state index is 12.4. The molecule has 6 heteroatoms. The monoisotopic (exact) mass is 337 g/mol. The van der Waals surface area contributed by atoms with E-state index in [4.69, 9.17) is 28.5 Å². The Kier molecular flexibility index (Phi) is 4.69. The summed E-state index contributed by atoms with van der Waals surface area (Å²) < 4.78 is 24.8. The van der Waals surface area contributed by atoms with Crippen molar-refractivity contribution in [2.75, 3.05) is 0 Å². The molecule has 0 bridgehead atoms. The molecule has 0 aliphatic heterocycles. The average molecular weight is 338 g/mol. The minimum absolute atomic E-state index is 0.0155. The van der Waals surface area contributed by atoms with Gasteiger partial charge in [-0.25, -0.2) is 8.42 Å². The molecule has 0 spiro atoms. The molecule has 0 atom stereocenters. The summed E-state index contributed by atoms with van der Waals surface area (Å²) in [6.45, 7) is 0. The number of rotatable bonds is 3. The van der Waals surface area contributed by atoms with Crippen molar-refractivity contribution in [3.8, 4) is 6.07 Å². The number of allylic oxidation sites excluding steroid dienone is 1.